The number of rotatable bonds is 3. The maximum atomic E-state index is 12.2. The Labute approximate surface area is 113 Å². The lowest BCUT2D eigenvalue weighted by atomic mass is 10.0. The number of hydrogen-bond donors (Lipinski definition) is 1. The molecule has 1 aromatic heterocycles. The van der Waals surface area contributed by atoms with Gasteiger partial charge in [-0.2, -0.15) is 0 Å². The topological polar surface area (TPSA) is 64.1 Å². The molecule has 1 fully saturated rings. The van der Waals surface area contributed by atoms with E-state index < -0.39 is 0 Å². The Hall–Kier alpha value is -1.49. The van der Waals surface area contributed by atoms with Gasteiger partial charge >= 0.3 is 0 Å². The van der Waals surface area contributed by atoms with Crippen molar-refractivity contribution in [3.8, 4) is 0 Å². The summed E-state index contributed by atoms with van der Waals surface area (Å²) in [6.07, 6.45) is 1.50. The lowest BCUT2D eigenvalue weighted by Crippen LogP contribution is -2.32. The molecule has 1 amide bonds. The fourth-order valence-corrected chi connectivity index (χ4v) is 2.48. The van der Waals surface area contributed by atoms with Gasteiger partial charge in [0.15, 0.2) is 0 Å². The highest BCUT2D eigenvalue weighted by molar-refractivity contribution is 5.93. The number of nitrogens with zero attached hydrogens (tertiary/aromatic N) is 2. The van der Waals surface area contributed by atoms with Gasteiger partial charge in [-0.3, -0.25) is 4.79 Å². The van der Waals surface area contributed by atoms with Crippen LogP contribution in [-0.4, -0.2) is 28.1 Å². The number of amides is 1. The van der Waals surface area contributed by atoms with Crippen molar-refractivity contribution in [3.05, 3.63) is 17.6 Å². The Bertz CT molecular complexity index is 476. The number of anilines is 1. The summed E-state index contributed by atoms with van der Waals surface area (Å²) in [4.78, 5) is 20.7. The maximum absolute atomic E-state index is 12.2. The first-order valence-corrected chi connectivity index (χ1v) is 6.80. The molecule has 0 spiro atoms. The molecule has 0 aromatic carbocycles. The monoisotopic (exact) mass is 263 g/mol. The molecule has 1 saturated heterocycles. The van der Waals surface area contributed by atoms with Crippen molar-refractivity contribution < 1.29 is 9.53 Å². The van der Waals surface area contributed by atoms with Gasteiger partial charge in [-0.1, -0.05) is 13.8 Å². The molecular formula is C14H21N3O2. The molecule has 3 unspecified atom stereocenters. The van der Waals surface area contributed by atoms with Crippen LogP contribution in [0.3, 0.4) is 0 Å². The quantitative estimate of drug-likeness (QED) is 0.907. The van der Waals surface area contributed by atoms with Gasteiger partial charge < -0.3 is 10.1 Å². The molecule has 0 aliphatic carbocycles. The van der Waals surface area contributed by atoms with E-state index >= 15 is 0 Å². The molecule has 104 valence electrons. The van der Waals surface area contributed by atoms with Crippen LogP contribution in [0, 0.1) is 12.8 Å². The van der Waals surface area contributed by atoms with Gasteiger partial charge in [0.1, 0.15) is 17.7 Å². The van der Waals surface area contributed by atoms with Gasteiger partial charge in [0.2, 0.25) is 0 Å². The number of carbonyl (C=O) groups is 1. The minimum atomic E-state index is -0.379. The Morgan fingerprint density at radius 2 is 2.21 bits per heavy atom. The highest BCUT2D eigenvalue weighted by Crippen LogP contribution is 2.26. The molecule has 19 heavy (non-hydrogen) atoms. The van der Waals surface area contributed by atoms with E-state index in [2.05, 4.69) is 15.3 Å². The number of aromatic nitrogens is 2. The summed E-state index contributed by atoms with van der Waals surface area (Å²) in [5.41, 5.74) is 0.927. The standard InChI is InChI=1S/C14H21N3O2/c1-5-11-7-12(16-10(4)15-11)17-14(18)13-8(2)6-9(3)19-13/h7-9,13H,5-6H2,1-4H3,(H,15,16,17,18). The molecule has 2 rings (SSSR count). The Balaban J connectivity index is 2.08. The van der Waals surface area contributed by atoms with Gasteiger partial charge in [-0.25, -0.2) is 9.97 Å². The second-order valence-electron chi connectivity index (χ2n) is 5.21. The molecule has 0 radical (unpaired) electrons. The van der Waals surface area contributed by atoms with Crippen molar-refractivity contribution in [2.24, 2.45) is 5.92 Å². The van der Waals surface area contributed by atoms with Crippen molar-refractivity contribution in [2.45, 2.75) is 52.7 Å². The lowest BCUT2D eigenvalue weighted by molar-refractivity contribution is -0.127. The Kier molecular flexibility index (Phi) is 4.14. The van der Waals surface area contributed by atoms with E-state index in [1.807, 2.05) is 33.8 Å². The molecule has 3 atom stereocenters. The van der Waals surface area contributed by atoms with Crippen molar-refractivity contribution in [1.82, 2.24) is 9.97 Å². The smallest absolute Gasteiger partial charge is 0.254 e. The second-order valence-corrected chi connectivity index (χ2v) is 5.21. The zero-order valence-corrected chi connectivity index (χ0v) is 11.9. The maximum Gasteiger partial charge on any atom is 0.254 e. The van der Waals surface area contributed by atoms with Crippen LogP contribution in [0.4, 0.5) is 5.82 Å². The largest absolute Gasteiger partial charge is 0.365 e. The predicted octanol–water partition coefficient (Wildman–Crippen LogP) is 2.10. The molecule has 1 aromatic rings. The minimum absolute atomic E-state index is 0.114. The van der Waals surface area contributed by atoms with Crippen LogP contribution in [-0.2, 0) is 16.0 Å². The third-order valence-corrected chi connectivity index (χ3v) is 3.36. The van der Waals surface area contributed by atoms with E-state index in [-0.39, 0.29) is 24.0 Å². The van der Waals surface area contributed by atoms with Crippen LogP contribution in [0.2, 0.25) is 0 Å². The zero-order valence-electron chi connectivity index (χ0n) is 11.9. The van der Waals surface area contributed by atoms with Gasteiger partial charge in [0.25, 0.3) is 5.91 Å². The SMILES string of the molecule is CCc1cc(NC(=O)C2OC(C)CC2C)nc(C)n1. The zero-order chi connectivity index (χ0) is 14.0. The summed E-state index contributed by atoms with van der Waals surface area (Å²) in [6, 6.07) is 1.81. The number of aryl methyl sites for hydroxylation is 2. The van der Waals surface area contributed by atoms with Crippen molar-refractivity contribution in [2.75, 3.05) is 5.32 Å². The first-order chi connectivity index (χ1) is 8.99. The van der Waals surface area contributed by atoms with Crippen LogP contribution in [0.1, 0.15) is 38.7 Å². The number of carbonyl (C=O) groups excluding carboxylic acids is 1. The van der Waals surface area contributed by atoms with Gasteiger partial charge in [-0.15, -0.1) is 0 Å². The second kappa shape index (κ2) is 5.65. The summed E-state index contributed by atoms with van der Waals surface area (Å²) in [7, 11) is 0. The summed E-state index contributed by atoms with van der Waals surface area (Å²) in [5.74, 6) is 1.36. The molecule has 1 aliphatic heterocycles. The van der Waals surface area contributed by atoms with Gasteiger partial charge in [0, 0.05) is 11.8 Å². The average molecular weight is 263 g/mol. The molecule has 5 heteroatoms. The summed E-state index contributed by atoms with van der Waals surface area (Å²) >= 11 is 0. The van der Waals surface area contributed by atoms with Crippen LogP contribution in [0.15, 0.2) is 6.07 Å². The lowest BCUT2D eigenvalue weighted by Gasteiger charge is -2.15. The normalized spacial score (nSPS) is 26.4. The Morgan fingerprint density at radius 1 is 1.47 bits per heavy atom. The first-order valence-electron chi connectivity index (χ1n) is 6.80. The number of nitrogens with one attached hydrogen (secondary N) is 1. The van der Waals surface area contributed by atoms with Crippen molar-refractivity contribution >= 4 is 11.7 Å². The highest BCUT2D eigenvalue weighted by atomic mass is 16.5. The van der Waals surface area contributed by atoms with Gasteiger partial charge in [-0.05, 0) is 32.6 Å². The molecule has 2 heterocycles. The predicted molar refractivity (Wildman–Crippen MR) is 72.9 cm³/mol. The van der Waals surface area contributed by atoms with Crippen LogP contribution in [0.5, 0.6) is 0 Å². The van der Waals surface area contributed by atoms with Gasteiger partial charge in [0.05, 0.1) is 6.10 Å². The molecule has 1 aliphatic rings. The van der Waals surface area contributed by atoms with E-state index in [4.69, 9.17) is 4.74 Å². The Morgan fingerprint density at radius 3 is 2.79 bits per heavy atom. The first kappa shape index (κ1) is 13.9. The van der Waals surface area contributed by atoms with Crippen LogP contribution in [0.25, 0.3) is 0 Å². The van der Waals surface area contributed by atoms with Crippen LogP contribution < -0.4 is 5.32 Å². The fraction of sp³-hybridized carbons (Fsp3) is 0.643. The third kappa shape index (κ3) is 3.29. The minimum Gasteiger partial charge on any atom is -0.365 e. The van der Waals surface area contributed by atoms with E-state index in [0.717, 1.165) is 18.5 Å². The molecule has 0 saturated carbocycles. The van der Waals surface area contributed by atoms with E-state index in [0.29, 0.717) is 11.6 Å². The molecular weight excluding hydrogens is 242 g/mol. The van der Waals surface area contributed by atoms with E-state index in [1.54, 1.807) is 0 Å². The summed E-state index contributed by atoms with van der Waals surface area (Å²) < 4.78 is 5.64. The third-order valence-electron chi connectivity index (χ3n) is 3.36. The molecule has 1 N–H and O–H groups in total. The van der Waals surface area contributed by atoms with Crippen molar-refractivity contribution in [1.29, 1.82) is 0 Å². The highest BCUT2D eigenvalue weighted by Gasteiger charge is 2.35. The average Bonchev–Trinajstić information content (AvgIpc) is 2.67. The summed E-state index contributed by atoms with van der Waals surface area (Å²) in [5, 5.41) is 2.84. The summed E-state index contributed by atoms with van der Waals surface area (Å²) in [6.45, 7) is 7.88. The molecule has 5 nitrogen and oxygen atoms in total. The van der Waals surface area contributed by atoms with E-state index in [9.17, 15) is 4.79 Å². The fourth-order valence-electron chi connectivity index (χ4n) is 2.48. The van der Waals surface area contributed by atoms with E-state index in [1.165, 1.54) is 0 Å². The molecule has 0 bridgehead atoms. The number of hydrogen-bond acceptors (Lipinski definition) is 4. The van der Waals surface area contributed by atoms with Crippen LogP contribution >= 0.6 is 0 Å². The van der Waals surface area contributed by atoms with Crippen molar-refractivity contribution in [3.63, 3.8) is 0 Å². The number of ether oxygens (including phenoxy) is 1.